The van der Waals surface area contributed by atoms with Gasteiger partial charge in [-0.15, -0.1) is 0 Å². The predicted octanol–water partition coefficient (Wildman–Crippen LogP) is 0.699. The van der Waals surface area contributed by atoms with Crippen molar-refractivity contribution in [3.05, 3.63) is 0 Å². The lowest BCUT2D eigenvalue weighted by molar-refractivity contribution is -0.133. The van der Waals surface area contributed by atoms with E-state index in [4.69, 9.17) is 4.74 Å². The molecule has 0 saturated carbocycles. The van der Waals surface area contributed by atoms with Crippen molar-refractivity contribution in [2.24, 2.45) is 0 Å². The first-order valence-corrected chi connectivity index (χ1v) is 8.09. The number of carbonyl (C=O) groups is 1. The minimum Gasteiger partial charge on any atom is -0.379 e. The Morgan fingerprint density at radius 2 is 1.75 bits per heavy atom. The lowest BCUT2D eigenvalue weighted by Gasteiger charge is -2.28. The first kappa shape index (κ1) is 15.7. The van der Waals surface area contributed by atoms with Gasteiger partial charge in [-0.05, 0) is 19.8 Å². The molecule has 1 atom stereocenters. The number of hydrogen-bond acceptors (Lipinski definition) is 4. The summed E-state index contributed by atoms with van der Waals surface area (Å²) in [6.45, 7) is 9.44. The van der Waals surface area contributed by atoms with E-state index >= 15 is 0 Å². The van der Waals surface area contributed by atoms with E-state index in [0.717, 1.165) is 65.3 Å². The maximum atomic E-state index is 12.4. The lowest BCUT2D eigenvalue weighted by atomic mass is 10.2. The first-order valence-electron chi connectivity index (χ1n) is 8.09. The van der Waals surface area contributed by atoms with Gasteiger partial charge < -0.3 is 15.0 Å². The third-order valence-electron chi connectivity index (χ3n) is 4.27. The molecule has 0 aliphatic carbocycles. The van der Waals surface area contributed by atoms with Gasteiger partial charge in [0.25, 0.3) is 0 Å². The molecule has 2 rings (SSSR count). The molecule has 20 heavy (non-hydrogen) atoms. The normalized spacial score (nSPS) is 23.4. The summed E-state index contributed by atoms with van der Waals surface area (Å²) < 4.78 is 5.33. The Morgan fingerprint density at radius 3 is 2.40 bits per heavy atom. The van der Waals surface area contributed by atoms with Gasteiger partial charge in [0.1, 0.15) is 0 Å². The van der Waals surface area contributed by atoms with Gasteiger partial charge in [-0.1, -0.05) is 12.8 Å². The van der Waals surface area contributed by atoms with Gasteiger partial charge in [-0.2, -0.15) is 0 Å². The summed E-state index contributed by atoms with van der Waals surface area (Å²) in [5.41, 5.74) is 0. The van der Waals surface area contributed by atoms with Crippen LogP contribution in [-0.4, -0.2) is 74.2 Å². The van der Waals surface area contributed by atoms with Gasteiger partial charge >= 0.3 is 0 Å². The average molecular weight is 283 g/mol. The van der Waals surface area contributed by atoms with Gasteiger partial charge in [0.2, 0.25) is 5.91 Å². The third kappa shape index (κ3) is 5.04. The Kier molecular flexibility index (Phi) is 6.76. The highest BCUT2D eigenvalue weighted by Crippen LogP contribution is 2.10. The number of hydrogen-bond donors (Lipinski definition) is 1. The Labute approximate surface area is 122 Å². The summed E-state index contributed by atoms with van der Waals surface area (Å²) in [6.07, 6.45) is 4.85. The lowest BCUT2D eigenvalue weighted by Crippen LogP contribution is -2.48. The molecule has 2 aliphatic heterocycles. The van der Waals surface area contributed by atoms with E-state index in [9.17, 15) is 4.79 Å². The highest BCUT2D eigenvalue weighted by Gasteiger charge is 2.21. The Bertz CT molecular complexity index is 285. The number of carbonyl (C=O) groups excluding carboxylic acids is 1. The minimum absolute atomic E-state index is 0.0610. The maximum absolute atomic E-state index is 12.4. The largest absolute Gasteiger partial charge is 0.379 e. The monoisotopic (exact) mass is 283 g/mol. The Hall–Kier alpha value is -0.650. The number of rotatable bonds is 5. The number of nitrogens with zero attached hydrogens (tertiary/aromatic N) is 2. The average Bonchev–Trinajstić information content (AvgIpc) is 2.76. The minimum atomic E-state index is -0.0610. The molecule has 1 amide bonds. The Morgan fingerprint density at radius 1 is 1.10 bits per heavy atom. The van der Waals surface area contributed by atoms with Crippen molar-refractivity contribution in [2.75, 3.05) is 52.5 Å². The molecule has 1 N–H and O–H groups in total. The van der Waals surface area contributed by atoms with Crippen LogP contribution in [0.25, 0.3) is 0 Å². The van der Waals surface area contributed by atoms with Crippen molar-refractivity contribution in [1.29, 1.82) is 0 Å². The molecule has 2 aliphatic rings. The molecule has 0 aromatic carbocycles. The van der Waals surface area contributed by atoms with Gasteiger partial charge in [-0.25, -0.2) is 0 Å². The van der Waals surface area contributed by atoms with E-state index in [1.165, 1.54) is 12.8 Å². The first-order chi connectivity index (χ1) is 9.77. The van der Waals surface area contributed by atoms with E-state index in [-0.39, 0.29) is 11.9 Å². The number of amides is 1. The van der Waals surface area contributed by atoms with E-state index in [1.54, 1.807) is 0 Å². The van der Waals surface area contributed by atoms with Crippen LogP contribution in [0, 0.1) is 0 Å². The van der Waals surface area contributed by atoms with Crippen molar-refractivity contribution in [3.63, 3.8) is 0 Å². The third-order valence-corrected chi connectivity index (χ3v) is 4.27. The topological polar surface area (TPSA) is 44.8 Å². The molecule has 1 unspecified atom stereocenters. The van der Waals surface area contributed by atoms with E-state index in [2.05, 4.69) is 10.2 Å². The molecule has 0 bridgehead atoms. The second-order valence-corrected chi connectivity index (χ2v) is 5.87. The van der Waals surface area contributed by atoms with Crippen LogP contribution in [-0.2, 0) is 9.53 Å². The van der Waals surface area contributed by atoms with Crippen molar-refractivity contribution >= 4 is 5.91 Å². The van der Waals surface area contributed by atoms with Crippen molar-refractivity contribution in [3.8, 4) is 0 Å². The number of ether oxygens (including phenoxy) is 1. The van der Waals surface area contributed by atoms with E-state index < -0.39 is 0 Å². The zero-order valence-electron chi connectivity index (χ0n) is 12.8. The van der Waals surface area contributed by atoms with Crippen molar-refractivity contribution in [1.82, 2.24) is 15.1 Å². The SMILES string of the molecule is CC(NCCN1CCOCC1)C(=O)N1CCCCCC1. The summed E-state index contributed by atoms with van der Waals surface area (Å²) >= 11 is 0. The Balaban J connectivity index is 1.64. The smallest absolute Gasteiger partial charge is 0.239 e. The van der Waals surface area contributed by atoms with E-state index in [1.807, 2.05) is 11.8 Å². The van der Waals surface area contributed by atoms with Gasteiger partial charge in [0.15, 0.2) is 0 Å². The highest BCUT2D eigenvalue weighted by atomic mass is 16.5. The molecule has 2 saturated heterocycles. The van der Waals surface area contributed by atoms with Crippen molar-refractivity contribution in [2.45, 2.75) is 38.6 Å². The molecule has 0 aromatic rings. The molecule has 2 fully saturated rings. The molecule has 116 valence electrons. The van der Waals surface area contributed by atoms with Crippen LogP contribution in [0.5, 0.6) is 0 Å². The molecular weight excluding hydrogens is 254 g/mol. The fourth-order valence-corrected chi connectivity index (χ4v) is 2.92. The standard InChI is InChI=1S/C15H29N3O2/c1-14(15(19)18-7-4-2-3-5-8-18)16-6-9-17-10-12-20-13-11-17/h14,16H,2-13H2,1H3. The van der Waals surface area contributed by atoms with Crippen LogP contribution < -0.4 is 5.32 Å². The maximum Gasteiger partial charge on any atom is 0.239 e. The van der Waals surface area contributed by atoms with Crippen LogP contribution in [0.1, 0.15) is 32.6 Å². The van der Waals surface area contributed by atoms with Crippen LogP contribution in [0.15, 0.2) is 0 Å². The molecule has 0 spiro atoms. The zero-order chi connectivity index (χ0) is 14.2. The van der Waals surface area contributed by atoms with Crippen LogP contribution in [0.2, 0.25) is 0 Å². The van der Waals surface area contributed by atoms with Crippen LogP contribution in [0.3, 0.4) is 0 Å². The number of nitrogens with one attached hydrogen (secondary N) is 1. The van der Waals surface area contributed by atoms with Gasteiger partial charge in [0.05, 0.1) is 19.3 Å². The second kappa shape index (κ2) is 8.60. The fourth-order valence-electron chi connectivity index (χ4n) is 2.92. The second-order valence-electron chi connectivity index (χ2n) is 5.87. The molecule has 5 heteroatoms. The molecule has 5 nitrogen and oxygen atoms in total. The molecular formula is C15H29N3O2. The molecule has 2 heterocycles. The highest BCUT2D eigenvalue weighted by molar-refractivity contribution is 5.81. The van der Waals surface area contributed by atoms with Crippen LogP contribution >= 0.6 is 0 Å². The summed E-state index contributed by atoms with van der Waals surface area (Å²) in [4.78, 5) is 16.8. The van der Waals surface area contributed by atoms with Gasteiger partial charge in [-0.3, -0.25) is 9.69 Å². The summed E-state index contributed by atoms with van der Waals surface area (Å²) in [7, 11) is 0. The fraction of sp³-hybridized carbons (Fsp3) is 0.933. The molecule has 0 aromatic heterocycles. The summed E-state index contributed by atoms with van der Waals surface area (Å²) in [5.74, 6) is 0.272. The molecule has 0 radical (unpaired) electrons. The predicted molar refractivity (Wildman–Crippen MR) is 79.8 cm³/mol. The summed E-state index contributed by atoms with van der Waals surface area (Å²) in [5, 5.41) is 3.37. The van der Waals surface area contributed by atoms with Gasteiger partial charge in [0, 0.05) is 39.3 Å². The number of likely N-dealkylation sites (tertiary alicyclic amines) is 1. The zero-order valence-corrected chi connectivity index (χ0v) is 12.8. The van der Waals surface area contributed by atoms with E-state index in [0.29, 0.717) is 0 Å². The quantitative estimate of drug-likeness (QED) is 0.807. The van der Waals surface area contributed by atoms with Crippen molar-refractivity contribution < 1.29 is 9.53 Å². The summed E-state index contributed by atoms with van der Waals surface area (Å²) in [6, 6.07) is -0.0610. The van der Waals surface area contributed by atoms with Crippen LogP contribution in [0.4, 0.5) is 0 Å². The number of morpholine rings is 1.